The van der Waals surface area contributed by atoms with Gasteiger partial charge in [0.2, 0.25) is 0 Å². The highest BCUT2D eigenvalue weighted by Crippen LogP contribution is 2.22. The number of fused-ring (bicyclic) bond motifs is 1. The molecular weight excluding hydrogens is 272 g/mol. The summed E-state index contributed by atoms with van der Waals surface area (Å²) in [5, 5.41) is 4.52. The van der Waals surface area contributed by atoms with Crippen LogP contribution < -0.4 is 5.32 Å². The number of aromatic nitrogens is 1. The molecule has 1 aromatic heterocycles. The van der Waals surface area contributed by atoms with Crippen molar-refractivity contribution >= 4 is 34.1 Å². The third kappa shape index (κ3) is 2.28. The number of para-hydroxylation sites is 1. The van der Waals surface area contributed by atoms with E-state index in [1.807, 2.05) is 37.4 Å². The third-order valence-electron chi connectivity index (χ3n) is 3.28. The Morgan fingerprint density at radius 2 is 2.05 bits per heavy atom. The summed E-state index contributed by atoms with van der Waals surface area (Å²) in [7, 11) is 0. The Morgan fingerprint density at radius 1 is 1.20 bits per heavy atom. The summed E-state index contributed by atoms with van der Waals surface area (Å²) in [6.45, 7) is 1.93. The number of hydrogen-bond acceptors (Lipinski definition) is 1. The highest BCUT2D eigenvalue weighted by Gasteiger charge is 2.12. The number of aromatic amines is 1. The molecule has 0 bridgehead atoms. The van der Waals surface area contributed by atoms with Gasteiger partial charge in [0.15, 0.2) is 0 Å². The van der Waals surface area contributed by atoms with E-state index in [4.69, 9.17) is 11.6 Å². The molecule has 4 heteroatoms. The Morgan fingerprint density at radius 3 is 2.90 bits per heavy atom. The molecule has 0 aliphatic heterocycles. The molecule has 0 saturated heterocycles. The van der Waals surface area contributed by atoms with E-state index >= 15 is 0 Å². The minimum atomic E-state index is -0.150. The molecule has 1 amide bonds. The van der Waals surface area contributed by atoms with Crippen LogP contribution in [0.2, 0.25) is 5.02 Å². The van der Waals surface area contributed by atoms with Crippen LogP contribution in [0.15, 0.2) is 48.7 Å². The smallest absolute Gasteiger partial charge is 0.257 e. The van der Waals surface area contributed by atoms with Crippen molar-refractivity contribution in [2.75, 3.05) is 5.32 Å². The fourth-order valence-electron chi connectivity index (χ4n) is 2.19. The topological polar surface area (TPSA) is 44.9 Å². The fourth-order valence-corrected chi connectivity index (χ4v) is 2.36. The first-order chi connectivity index (χ1) is 9.65. The predicted molar refractivity (Wildman–Crippen MR) is 82.4 cm³/mol. The van der Waals surface area contributed by atoms with Crippen molar-refractivity contribution in [1.29, 1.82) is 0 Å². The second-order valence-electron chi connectivity index (χ2n) is 4.66. The zero-order valence-corrected chi connectivity index (χ0v) is 11.7. The number of aryl methyl sites for hydroxylation is 1. The zero-order chi connectivity index (χ0) is 14.1. The van der Waals surface area contributed by atoms with E-state index < -0.39 is 0 Å². The van der Waals surface area contributed by atoms with Crippen molar-refractivity contribution in [1.82, 2.24) is 4.98 Å². The quantitative estimate of drug-likeness (QED) is 0.720. The van der Waals surface area contributed by atoms with Crippen LogP contribution in [0.4, 0.5) is 5.69 Å². The molecule has 0 atom stereocenters. The normalized spacial score (nSPS) is 10.7. The first-order valence-corrected chi connectivity index (χ1v) is 6.66. The van der Waals surface area contributed by atoms with Crippen LogP contribution in [0.5, 0.6) is 0 Å². The average molecular weight is 285 g/mol. The number of halogens is 1. The molecule has 20 heavy (non-hydrogen) atoms. The van der Waals surface area contributed by atoms with Gasteiger partial charge in [0.05, 0.1) is 11.1 Å². The summed E-state index contributed by atoms with van der Waals surface area (Å²) < 4.78 is 0. The molecule has 2 N–H and O–H groups in total. The second-order valence-corrected chi connectivity index (χ2v) is 5.10. The van der Waals surface area contributed by atoms with Crippen molar-refractivity contribution in [2.45, 2.75) is 6.92 Å². The first-order valence-electron chi connectivity index (χ1n) is 6.29. The number of rotatable bonds is 2. The van der Waals surface area contributed by atoms with E-state index in [0.29, 0.717) is 10.6 Å². The lowest BCUT2D eigenvalue weighted by molar-refractivity contribution is 0.102. The molecule has 2 aromatic carbocycles. The van der Waals surface area contributed by atoms with Crippen LogP contribution in [-0.2, 0) is 0 Å². The Balaban J connectivity index is 1.97. The van der Waals surface area contributed by atoms with Gasteiger partial charge in [-0.2, -0.15) is 0 Å². The molecule has 0 saturated carbocycles. The van der Waals surface area contributed by atoms with Crippen LogP contribution in [0.25, 0.3) is 10.9 Å². The van der Waals surface area contributed by atoms with Gasteiger partial charge in [-0.25, -0.2) is 0 Å². The highest BCUT2D eigenvalue weighted by molar-refractivity contribution is 6.31. The predicted octanol–water partition coefficient (Wildman–Crippen LogP) is 4.38. The van der Waals surface area contributed by atoms with Gasteiger partial charge in [-0.05, 0) is 36.8 Å². The molecular formula is C16H13ClN2O. The number of amides is 1. The SMILES string of the molecule is Cc1ccc(Cl)cc1NC(=O)c1cccc2cc[nH]c12. The Bertz CT molecular complexity index is 792. The Labute approximate surface area is 121 Å². The maximum Gasteiger partial charge on any atom is 0.257 e. The lowest BCUT2D eigenvalue weighted by Gasteiger charge is -2.09. The highest BCUT2D eigenvalue weighted by atomic mass is 35.5. The molecule has 100 valence electrons. The van der Waals surface area contributed by atoms with Crippen LogP contribution in [0.3, 0.4) is 0 Å². The van der Waals surface area contributed by atoms with Gasteiger partial charge in [-0.1, -0.05) is 29.8 Å². The van der Waals surface area contributed by atoms with Gasteiger partial charge >= 0.3 is 0 Å². The van der Waals surface area contributed by atoms with E-state index in [1.165, 1.54) is 0 Å². The maximum absolute atomic E-state index is 12.4. The number of nitrogens with one attached hydrogen (secondary N) is 2. The molecule has 0 fully saturated rings. The molecule has 3 aromatic rings. The summed E-state index contributed by atoms with van der Waals surface area (Å²) in [5.74, 6) is -0.150. The van der Waals surface area contributed by atoms with Crippen molar-refractivity contribution in [3.8, 4) is 0 Å². The summed E-state index contributed by atoms with van der Waals surface area (Å²) in [5.41, 5.74) is 3.16. The van der Waals surface area contributed by atoms with Crippen LogP contribution in [0, 0.1) is 6.92 Å². The molecule has 3 nitrogen and oxygen atoms in total. The van der Waals surface area contributed by atoms with E-state index in [9.17, 15) is 4.79 Å². The molecule has 0 aliphatic carbocycles. The average Bonchev–Trinajstić information content (AvgIpc) is 2.91. The van der Waals surface area contributed by atoms with Gasteiger partial charge in [-0.3, -0.25) is 4.79 Å². The van der Waals surface area contributed by atoms with E-state index in [0.717, 1.165) is 22.2 Å². The van der Waals surface area contributed by atoms with Crippen molar-refractivity contribution < 1.29 is 4.79 Å². The summed E-state index contributed by atoms with van der Waals surface area (Å²) in [6.07, 6.45) is 1.83. The number of anilines is 1. The Kier molecular flexibility index (Phi) is 3.20. The third-order valence-corrected chi connectivity index (χ3v) is 3.51. The summed E-state index contributed by atoms with van der Waals surface area (Å²) in [4.78, 5) is 15.5. The van der Waals surface area contributed by atoms with Gasteiger partial charge in [0.1, 0.15) is 0 Å². The molecule has 3 rings (SSSR count). The van der Waals surface area contributed by atoms with Crippen LogP contribution >= 0.6 is 11.6 Å². The van der Waals surface area contributed by atoms with Gasteiger partial charge in [0, 0.05) is 22.3 Å². The number of hydrogen-bond donors (Lipinski definition) is 2. The van der Waals surface area contributed by atoms with Gasteiger partial charge in [-0.15, -0.1) is 0 Å². The van der Waals surface area contributed by atoms with Gasteiger partial charge in [0.25, 0.3) is 5.91 Å². The second kappa shape index (κ2) is 5.02. The fraction of sp³-hybridized carbons (Fsp3) is 0.0625. The number of H-pyrrole nitrogens is 1. The number of carbonyl (C=O) groups is 1. The lowest BCUT2D eigenvalue weighted by Crippen LogP contribution is -2.13. The molecule has 0 aliphatic rings. The van der Waals surface area contributed by atoms with E-state index in [-0.39, 0.29) is 5.91 Å². The maximum atomic E-state index is 12.4. The summed E-state index contributed by atoms with van der Waals surface area (Å²) >= 11 is 5.97. The van der Waals surface area contributed by atoms with E-state index in [1.54, 1.807) is 18.2 Å². The minimum absolute atomic E-state index is 0.150. The molecule has 1 heterocycles. The first kappa shape index (κ1) is 12.8. The monoisotopic (exact) mass is 284 g/mol. The Hall–Kier alpha value is -2.26. The van der Waals surface area contributed by atoms with Crippen LogP contribution in [-0.4, -0.2) is 10.9 Å². The zero-order valence-electron chi connectivity index (χ0n) is 10.9. The minimum Gasteiger partial charge on any atom is -0.361 e. The number of benzene rings is 2. The van der Waals surface area contributed by atoms with Crippen molar-refractivity contribution in [2.24, 2.45) is 0 Å². The lowest BCUT2D eigenvalue weighted by atomic mass is 10.1. The molecule has 0 unspecified atom stereocenters. The largest absolute Gasteiger partial charge is 0.361 e. The van der Waals surface area contributed by atoms with Crippen molar-refractivity contribution in [3.63, 3.8) is 0 Å². The summed E-state index contributed by atoms with van der Waals surface area (Å²) in [6, 6.07) is 13.0. The number of carbonyl (C=O) groups excluding carboxylic acids is 1. The van der Waals surface area contributed by atoms with Gasteiger partial charge < -0.3 is 10.3 Å². The molecule has 0 radical (unpaired) electrons. The standard InChI is InChI=1S/C16H13ClN2O/c1-10-5-6-12(17)9-14(10)19-16(20)13-4-2-3-11-7-8-18-15(11)13/h2-9,18H,1H3,(H,19,20). The van der Waals surface area contributed by atoms with E-state index in [2.05, 4.69) is 10.3 Å². The molecule has 0 spiro atoms. The van der Waals surface area contributed by atoms with Crippen LogP contribution in [0.1, 0.15) is 15.9 Å². The van der Waals surface area contributed by atoms with Crippen molar-refractivity contribution in [3.05, 3.63) is 64.8 Å².